The van der Waals surface area contributed by atoms with Gasteiger partial charge in [-0.15, -0.1) is 0 Å². The summed E-state index contributed by atoms with van der Waals surface area (Å²) < 4.78 is 0. The summed E-state index contributed by atoms with van der Waals surface area (Å²) in [6, 6.07) is 0. The summed E-state index contributed by atoms with van der Waals surface area (Å²) in [5.74, 6) is 0.761. The average molecular weight is 168 g/mol. The van der Waals surface area contributed by atoms with E-state index in [1.165, 1.54) is 12.8 Å². The van der Waals surface area contributed by atoms with Crippen molar-refractivity contribution in [2.24, 2.45) is 5.92 Å². The van der Waals surface area contributed by atoms with Gasteiger partial charge in [0.15, 0.2) is 5.78 Å². The molecule has 0 aliphatic heterocycles. The van der Waals surface area contributed by atoms with Crippen molar-refractivity contribution in [2.45, 2.75) is 46.5 Å². The first-order valence-corrected chi connectivity index (χ1v) is 4.87. The molecule has 0 saturated heterocycles. The third kappa shape index (κ3) is 7.52. The number of unbranched alkanes of at least 4 members (excludes halogenated alkanes) is 2. The van der Waals surface area contributed by atoms with Crippen LogP contribution < -0.4 is 0 Å². The number of hydrogen-bond acceptors (Lipinski definition) is 1. The van der Waals surface area contributed by atoms with Crippen LogP contribution in [0.15, 0.2) is 12.2 Å². The van der Waals surface area contributed by atoms with Crippen LogP contribution in [-0.2, 0) is 4.79 Å². The molecule has 0 aromatic heterocycles. The summed E-state index contributed by atoms with van der Waals surface area (Å²) in [7, 11) is 0. The number of carbonyl (C=O) groups is 1. The molecule has 0 spiro atoms. The fourth-order valence-electron chi connectivity index (χ4n) is 0.932. The van der Waals surface area contributed by atoms with Crippen molar-refractivity contribution in [3.05, 3.63) is 12.2 Å². The summed E-state index contributed by atoms with van der Waals surface area (Å²) in [5.41, 5.74) is 0. The van der Waals surface area contributed by atoms with E-state index in [2.05, 4.69) is 20.8 Å². The molecule has 0 rings (SSSR count). The zero-order valence-corrected chi connectivity index (χ0v) is 8.47. The van der Waals surface area contributed by atoms with Crippen LogP contribution in [0.1, 0.15) is 46.5 Å². The second kappa shape index (κ2) is 7.08. The summed E-state index contributed by atoms with van der Waals surface area (Å²) in [6.07, 6.45) is 7.80. The van der Waals surface area contributed by atoms with Crippen molar-refractivity contribution >= 4 is 5.78 Å². The van der Waals surface area contributed by atoms with Crippen molar-refractivity contribution in [3.63, 3.8) is 0 Å². The van der Waals surface area contributed by atoms with E-state index in [4.69, 9.17) is 0 Å². The molecule has 70 valence electrons. The van der Waals surface area contributed by atoms with Gasteiger partial charge in [0.25, 0.3) is 0 Å². The summed E-state index contributed by atoms with van der Waals surface area (Å²) >= 11 is 0. The molecule has 12 heavy (non-hydrogen) atoms. The second-order valence-electron chi connectivity index (χ2n) is 3.53. The number of allylic oxidation sites excluding steroid dienone is 2. The van der Waals surface area contributed by atoms with Crippen LogP contribution in [0.2, 0.25) is 0 Å². The van der Waals surface area contributed by atoms with Crippen LogP contribution in [0.5, 0.6) is 0 Å². The lowest BCUT2D eigenvalue weighted by molar-refractivity contribution is -0.114. The zero-order valence-electron chi connectivity index (χ0n) is 8.47. The average Bonchev–Trinajstić information content (AvgIpc) is 2.01. The quantitative estimate of drug-likeness (QED) is 0.439. The van der Waals surface area contributed by atoms with Gasteiger partial charge in [-0.25, -0.2) is 0 Å². The largest absolute Gasteiger partial charge is 0.295 e. The molecule has 0 aliphatic rings. The van der Waals surface area contributed by atoms with E-state index >= 15 is 0 Å². The fraction of sp³-hybridized carbons (Fsp3) is 0.727. The van der Waals surface area contributed by atoms with Crippen LogP contribution in [0.25, 0.3) is 0 Å². The SMILES string of the molecule is CCCCCC(=O)C=CC(C)C. The summed E-state index contributed by atoms with van der Waals surface area (Å²) in [5, 5.41) is 0. The summed E-state index contributed by atoms with van der Waals surface area (Å²) in [4.78, 5) is 11.1. The van der Waals surface area contributed by atoms with Gasteiger partial charge in [-0.3, -0.25) is 4.79 Å². The molecule has 0 heterocycles. The molecule has 0 saturated carbocycles. The molecule has 0 radical (unpaired) electrons. The molecule has 0 fully saturated rings. The zero-order chi connectivity index (χ0) is 9.40. The predicted molar refractivity (Wildman–Crippen MR) is 53.1 cm³/mol. The maximum absolute atomic E-state index is 11.1. The van der Waals surface area contributed by atoms with Gasteiger partial charge in [0.2, 0.25) is 0 Å². The number of carbonyl (C=O) groups excluding carboxylic acids is 1. The molecular formula is C11H20O. The Bertz CT molecular complexity index is 145. The van der Waals surface area contributed by atoms with E-state index in [0.29, 0.717) is 5.92 Å². The third-order valence-corrected chi connectivity index (χ3v) is 1.69. The molecule has 0 bridgehead atoms. The molecule has 0 N–H and O–H groups in total. The van der Waals surface area contributed by atoms with Crippen molar-refractivity contribution in [2.75, 3.05) is 0 Å². The van der Waals surface area contributed by atoms with Gasteiger partial charge in [0.05, 0.1) is 0 Å². The lowest BCUT2D eigenvalue weighted by Gasteiger charge is -1.95. The van der Waals surface area contributed by atoms with Gasteiger partial charge in [-0.1, -0.05) is 39.7 Å². The maximum atomic E-state index is 11.1. The lowest BCUT2D eigenvalue weighted by Crippen LogP contribution is -1.93. The number of hydrogen-bond donors (Lipinski definition) is 0. The highest BCUT2D eigenvalue weighted by Gasteiger charge is 1.95. The van der Waals surface area contributed by atoms with Crippen molar-refractivity contribution < 1.29 is 4.79 Å². The van der Waals surface area contributed by atoms with E-state index in [1.807, 2.05) is 6.08 Å². The second-order valence-corrected chi connectivity index (χ2v) is 3.53. The van der Waals surface area contributed by atoms with Gasteiger partial charge < -0.3 is 0 Å². The lowest BCUT2D eigenvalue weighted by atomic mass is 10.1. The first kappa shape index (κ1) is 11.4. The monoisotopic (exact) mass is 168 g/mol. The fourth-order valence-corrected chi connectivity index (χ4v) is 0.932. The highest BCUT2D eigenvalue weighted by Crippen LogP contribution is 2.01. The Hall–Kier alpha value is -0.590. The maximum Gasteiger partial charge on any atom is 0.155 e. The Labute approximate surface area is 75.9 Å². The van der Waals surface area contributed by atoms with E-state index in [0.717, 1.165) is 12.8 Å². The van der Waals surface area contributed by atoms with Crippen LogP contribution in [0, 0.1) is 5.92 Å². The topological polar surface area (TPSA) is 17.1 Å². The van der Waals surface area contributed by atoms with Crippen LogP contribution in [0.3, 0.4) is 0 Å². The normalized spacial score (nSPS) is 11.3. The van der Waals surface area contributed by atoms with Crippen LogP contribution in [-0.4, -0.2) is 5.78 Å². The summed E-state index contributed by atoms with van der Waals surface area (Å²) in [6.45, 7) is 6.31. The van der Waals surface area contributed by atoms with E-state index < -0.39 is 0 Å². The Morgan fingerprint density at radius 1 is 1.33 bits per heavy atom. The highest BCUT2D eigenvalue weighted by molar-refractivity contribution is 5.89. The minimum absolute atomic E-state index is 0.275. The van der Waals surface area contributed by atoms with Gasteiger partial charge in [-0.05, 0) is 18.4 Å². The van der Waals surface area contributed by atoms with Crippen LogP contribution in [0.4, 0.5) is 0 Å². The standard InChI is InChI=1S/C11H20O/c1-4-5-6-7-11(12)9-8-10(2)3/h8-10H,4-7H2,1-3H3. The highest BCUT2D eigenvalue weighted by atomic mass is 16.1. The molecule has 0 aromatic rings. The van der Waals surface area contributed by atoms with E-state index in [9.17, 15) is 4.79 Å². The van der Waals surface area contributed by atoms with Crippen molar-refractivity contribution in [3.8, 4) is 0 Å². The van der Waals surface area contributed by atoms with E-state index in [1.54, 1.807) is 6.08 Å². The molecule has 0 aromatic carbocycles. The minimum atomic E-state index is 0.275. The number of ketones is 1. The Balaban J connectivity index is 3.46. The molecule has 0 amide bonds. The molecule has 0 atom stereocenters. The molecular weight excluding hydrogens is 148 g/mol. The van der Waals surface area contributed by atoms with E-state index in [-0.39, 0.29) is 5.78 Å². The van der Waals surface area contributed by atoms with Gasteiger partial charge in [-0.2, -0.15) is 0 Å². The Morgan fingerprint density at radius 3 is 2.50 bits per heavy atom. The van der Waals surface area contributed by atoms with Gasteiger partial charge in [0, 0.05) is 6.42 Å². The van der Waals surface area contributed by atoms with Crippen molar-refractivity contribution in [1.29, 1.82) is 0 Å². The molecule has 1 heteroatoms. The molecule has 0 aliphatic carbocycles. The third-order valence-electron chi connectivity index (χ3n) is 1.69. The minimum Gasteiger partial charge on any atom is -0.295 e. The van der Waals surface area contributed by atoms with Crippen molar-refractivity contribution in [1.82, 2.24) is 0 Å². The van der Waals surface area contributed by atoms with Gasteiger partial charge in [0.1, 0.15) is 0 Å². The Kier molecular flexibility index (Phi) is 6.73. The first-order chi connectivity index (χ1) is 5.66. The Morgan fingerprint density at radius 2 is 2.00 bits per heavy atom. The molecule has 0 unspecified atom stereocenters. The smallest absolute Gasteiger partial charge is 0.155 e. The van der Waals surface area contributed by atoms with Gasteiger partial charge >= 0.3 is 0 Å². The van der Waals surface area contributed by atoms with Crippen LogP contribution >= 0.6 is 0 Å². The number of rotatable bonds is 6. The molecule has 1 nitrogen and oxygen atoms in total. The predicted octanol–water partition coefficient (Wildman–Crippen LogP) is 3.35. The first-order valence-electron chi connectivity index (χ1n) is 4.87.